The van der Waals surface area contributed by atoms with Crippen LogP contribution in [0.4, 0.5) is 34.1 Å². The number of hydrogen-bond acceptors (Lipinski definition) is 4. The normalized spacial score (nSPS) is 12.3. The number of pyridine rings is 1. The average molecular weight is 827 g/mol. The largest absolute Gasteiger partial charge is 2.00 e. The molecule has 6 heteroatoms. The molecule has 0 atom stereocenters. The van der Waals surface area contributed by atoms with Crippen LogP contribution < -0.4 is 14.7 Å². The molecule has 0 aliphatic carbocycles. The number of nitrogens with zero attached hydrogens (tertiary/aromatic N) is 5. The summed E-state index contributed by atoms with van der Waals surface area (Å²) in [6.07, 6.45) is 1.91. The van der Waals surface area contributed by atoms with Crippen LogP contribution in [0.5, 0.6) is 0 Å². The van der Waals surface area contributed by atoms with Crippen molar-refractivity contribution in [3.63, 3.8) is 0 Å². The topological polar surface area (TPSA) is 27.5 Å². The van der Waals surface area contributed by atoms with Gasteiger partial charge in [-0.05, 0) is 71.5 Å². The van der Waals surface area contributed by atoms with Gasteiger partial charge in [0.05, 0.1) is 18.0 Å². The van der Waals surface area contributed by atoms with Gasteiger partial charge in [0.15, 0.2) is 0 Å². The molecule has 5 nitrogen and oxygen atoms in total. The van der Waals surface area contributed by atoms with Crippen LogP contribution in [-0.2, 0) is 21.1 Å². The maximum Gasteiger partial charge on any atom is 2.00 e. The molecule has 0 N–H and O–H groups in total. The molecule has 9 rings (SSSR count). The Morgan fingerprint density at radius 1 is 0.660 bits per heavy atom. The van der Waals surface area contributed by atoms with E-state index in [1.165, 1.54) is 27.9 Å². The average Bonchev–Trinajstić information content (AvgIpc) is 3.67. The molecule has 6 aromatic carbocycles. The number of fused-ring (bicyclic) bond motifs is 4. The fraction of sp³-hybridized carbons (Fsp3) is 0.0682. The van der Waals surface area contributed by atoms with Crippen LogP contribution in [0.25, 0.3) is 38.8 Å². The van der Waals surface area contributed by atoms with E-state index in [1.54, 1.807) is 0 Å². The van der Waals surface area contributed by atoms with Crippen LogP contribution in [0.2, 0.25) is 0 Å². The summed E-state index contributed by atoms with van der Waals surface area (Å²) < 4.78 is 2.25. The SMILES string of the molecule is Cc1ccccc1-c1ccnc(-n2c3[c-]c(N(c4[c-]c(N5CN(C)c6ccccc65)ccc4)c4ccccc4)ccc3c3ccccc32)c1.[Pt+2]. The summed E-state index contributed by atoms with van der Waals surface area (Å²) in [6, 6.07) is 58.8. The molecule has 0 amide bonds. The van der Waals surface area contributed by atoms with Gasteiger partial charge in [0.1, 0.15) is 5.82 Å². The summed E-state index contributed by atoms with van der Waals surface area (Å²) in [5.74, 6) is 0.858. The Hall–Kier alpha value is -5.64. The number of hydrogen-bond donors (Lipinski definition) is 0. The third kappa shape index (κ3) is 5.35. The Morgan fingerprint density at radius 3 is 2.26 bits per heavy atom. The van der Waals surface area contributed by atoms with Gasteiger partial charge in [0.25, 0.3) is 0 Å². The first kappa shape index (κ1) is 31.6. The molecule has 50 heavy (non-hydrogen) atoms. The Kier molecular flexibility index (Phi) is 8.22. The van der Waals surface area contributed by atoms with Gasteiger partial charge in [0, 0.05) is 24.4 Å². The number of aromatic nitrogens is 2. The Morgan fingerprint density at radius 2 is 1.40 bits per heavy atom. The summed E-state index contributed by atoms with van der Waals surface area (Å²) in [5, 5.41) is 2.30. The number of aryl methyl sites for hydroxylation is 1. The van der Waals surface area contributed by atoms with E-state index in [4.69, 9.17) is 4.98 Å². The fourth-order valence-electron chi connectivity index (χ4n) is 7.16. The van der Waals surface area contributed by atoms with Crippen LogP contribution in [0, 0.1) is 19.1 Å². The van der Waals surface area contributed by atoms with Crippen molar-refractivity contribution in [1.82, 2.24) is 9.55 Å². The van der Waals surface area contributed by atoms with Crippen molar-refractivity contribution >= 4 is 55.9 Å². The first-order valence-electron chi connectivity index (χ1n) is 16.6. The first-order chi connectivity index (χ1) is 24.1. The van der Waals surface area contributed by atoms with E-state index in [1.807, 2.05) is 6.20 Å². The molecular weight excluding hydrogens is 794 g/mol. The van der Waals surface area contributed by atoms with Crippen LogP contribution in [-0.4, -0.2) is 23.3 Å². The number of para-hydroxylation sites is 4. The van der Waals surface area contributed by atoms with Crippen molar-refractivity contribution < 1.29 is 21.1 Å². The molecule has 8 aromatic rings. The minimum Gasteiger partial charge on any atom is -0.358 e. The van der Waals surface area contributed by atoms with Crippen molar-refractivity contribution in [3.8, 4) is 16.9 Å². The number of rotatable bonds is 6. The van der Waals surface area contributed by atoms with E-state index in [9.17, 15) is 0 Å². The van der Waals surface area contributed by atoms with Crippen LogP contribution in [0.3, 0.4) is 0 Å². The molecule has 0 radical (unpaired) electrons. The Bertz CT molecular complexity index is 2490. The zero-order valence-corrected chi connectivity index (χ0v) is 30.0. The van der Waals surface area contributed by atoms with Gasteiger partial charge >= 0.3 is 21.1 Å². The summed E-state index contributed by atoms with van der Waals surface area (Å²) in [5.41, 5.74) is 11.9. The molecule has 0 spiro atoms. The third-order valence-electron chi connectivity index (χ3n) is 9.49. The van der Waals surface area contributed by atoms with E-state index < -0.39 is 0 Å². The first-order valence-corrected chi connectivity index (χ1v) is 16.6. The molecule has 1 aliphatic rings. The molecule has 0 bridgehead atoms. The molecule has 2 aromatic heterocycles. The van der Waals surface area contributed by atoms with E-state index >= 15 is 0 Å². The Balaban J connectivity index is 0.00000361. The number of anilines is 6. The van der Waals surface area contributed by atoms with Gasteiger partial charge in [-0.3, -0.25) is 0 Å². The summed E-state index contributed by atoms with van der Waals surface area (Å²) in [7, 11) is 2.13. The molecule has 0 fully saturated rings. The second kappa shape index (κ2) is 13.0. The van der Waals surface area contributed by atoms with Gasteiger partial charge in [0.2, 0.25) is 0 Å². The van der Waals surface area contributed by atoms with E-state index in [0.717, 1.165) is 57.2 Å². The van der Waals surface area contributed by atoms with Crippen molar-refractivity contribution in [3.05, 3.63) is 169 Å². The van der Waals surface area contributed by atoms with Crippen molar-refractivity contribution in [2.45, 2.75) is 6.92 Å². The monoisotopic (exact) mass is 826 g/mol. The van der Waals surface area contributed by atoms with E-state index in [0.29, 0.717) is 0 Å². The van der Waals surface area contributed by atoms with Crippen molar-refractivity contribution in [1.29, 1.82) is 0 Å². The molecular formula is C44H33N5Pt. The van der Waals surface area contributed by atoms with Crippen molar-refractivity contribution in [2.24, 2.45) is 0 Å². The maximum absolute atomic E-state index is 4.92. The smallest absolute Gasteiger partial charge is 0.358 e. The van der Waals surface area contributed by atoms with Crippen molar-refractivity contribution in [2.75, 3.05) is 28.4 Å². The second-order valence-electron chi connectivity index (χ2n) is 12.5. The van der Waals surface area contributed by atoms with Crippen LogP contribution >= 0.6 is 0 Å². The molecule has 0 unspecified atom stereocenters. The molecule has 244 valence electrons. The molecule has 3 heterocycles. The fourth-order valence-corrected chi connectivity index (χ4v) is 7.16. The summed E-state index contributed by atoms with van der Waals surface area (Å²) in [4.78, 5) is 11.8. The molecule has 0 saturated heterocycles. The molecule has 0 saturated carbocycles. The van der Waals surface area contributed by atoms with Crippen LogP contribution in [0.1, 0.15) is 5.56 Å². The van der Waals surface area contributed by atoms with Gasteiger partial charge in [-0.1, -0.05) is 95.4 Å². The predicted octanol–water partition coefficient (Wildman–Crippen LogP) is 10.8. The van der Waals surface area contributed by atoms with E-state index in [2.05, 4.69) is 191 Å². The third-order valence-corrected chi connectivity index (χ3v) is 9.49. The Labute approximate surface area is 306 Å². The van der Waals surface area contributed by atoms with E-state index in [-0.39, 0.29) is 21.1 Å². The quantitative estimate of drug-likeness (QED) is 0.156. The maximum atomic E-state index is 4.92. The zero-order chi connectivity index (χ0) is 32.9. The van der Waals surface area contributed by atoms with Gasteiger partial charge in [-0.25, -0.2) is 4.98 Å². The van der Waals surface area contributed by atoms with Gasteiger partial charge in [-0.2, -0.15) is 12.1 Å². The summed E-state index contributed by atoms with van der Waals surface area (Å²) >= 11 is 0. The van der Waals surface area contributed by atoms with Gasteiger partial charge in [-0.15, -0.1) is 35.7 Å². The van der Waals surface area contributed by atoms with Gasteiger partial charge < -0.3 is 19.3 Å². The minimum atomic E-state index is 0. The summed E-state index contributed by atoms with van der Waals surface area (Å²) in [6.45, 7) is 2.91. The van der Waals surface area contributed by atoms with Crippen LogP contribution in [0.15, 0.2) is 152 Å². The predicted molar refractivity (Wildman–Crippen MR) is 203 cm³/mol. The zero-order valence-electron chi connectivity index (χ0n) is 27.7. The minimum absolute atomic E-state index is 0. The number of benzene rings is 6. The standard InChI is InChI=1S/C44H33N5.Pt/c1-31-13-6-7-18-37(31)32-25-26-45-44(27-32)49-40-20-9-8-19-38(40)39-24-23-36(29-43(39)49)48(33-14-4-3-5-15-33)35-17-12-16-34(28-35)47-30-46(2)41-21-10-11-22-42(41)47;/h3-27H,30H2,1-2H3;/q-2;+2. The second-order valence-corrected chi connectivity index (χ2v) is 12.5. The molecule has 1 aliphatic heterocycles.